The first-order valence-corrected chi connectivity index (χ1v) is 7.43. The molecule has 5 heteroatoms. The van der Waals surface area contributed by atoms with E-state index in [4.69, 9.17) is 9.26 Å². The van der Waals surface area contributed by atoms with E-state index in [1.54, 1.807) is 0 Å². The molecule has 112 valence electrons. The summed E-state index contributed by atoms with van der Waals surface area (Å²) >= 11 is 0. The Kier molecular flexibility index (Phi) is 5.17. The van der Waals surface area contributed by atoms with E-state index in [0.29, 0.717) is 12.5 Å². The van der Waals surface area contributed by atoms with Gasteiger partial charge in [-0.2, -0.15) is 0 Å². The molecule has 5 nitrogen and oxygen atoms in total. The summed E-state index contributed by atoms with van der Waals surface area (Å²) in [5.74, 6) is 1.36. The maximum absolute atomic E-state index is 12.2. The molecule has 1 atom stereocenters. The highest BCUT2D eigenvalue weighted by atomic mass is 16.5. The molecule has 0 aromatic carbocycles. The fraction of sp³-hybridized carbons (Fsp3) is 0.733. The Labute approximate surface area is 120 Å². The van der Waals surface area contributed by atoms with Crippen LogP contribution in [0.5, 0.6) is 0 Å². The van der Waals surface area contributed by atoms with Crippen LogP contribution in [0.2, 0.25) is 0 Å². The Morgan fingerprint density at radius 2 is 2.15 bits per heavy atom. The molecule has 1 aromatic heterocycles. The molecule has 20 heavy (non-hydrogen) atoms. The van der Waals surface area contributed by atoms with E-state index < -0.39 is 0 Å². The van der Waals surface area contributed by atoms with Gasteiger partial charge in [-0.05, 0) is 32.1 Å². The molecule has 0 saturated carbocycles. The van der Waals surface area contributed by atoms with Crippen LogP contribution in [-0.4, -0.2) is 24.3 Å². The van der Waals surface area contributed by atoms with Crippen LogP contribution in [0.25, 0.3) is 0 Å². The minimum absolute atomic E-state index is 0.0316. The first-order valence-electron chi connectivity index (χ1n) is 7.43. The highest BCUT2D eigenvalue weighted by Crippen LogP contribution is 2.24. The van der Waals surface area contributed by atoms with Crippen molar-refractivity contribution in [2.75, 3.05) is 13.2 Å². The standard InChI is InChI=1S/C15H24N2O3/c1-4-14-13(11(3)20-17-14)9-16-15(18)10(2)12-5-7-19-8-6-12/h10,12H,4-9H2,1-3H3,(H,16,18). The average molecular weight is 280 g/mol. The molecule has 1 aliphatic rings. The van der Waals surface area contributed by atoms with Gasteiger partial charge in [0.1, 0.15) is 5.76 Å². The minimum atomic E-state index is 0.0316. The lowest BCUT2D eigenvalue weighted by Gasteiger charge is -2.26. The smallest absolute Gasteiger partial charge is 0.223 e. The summed E-state index contributed by atoms with van der Waals surface area (Å²) in [6, 6.07) is 0. The molecule has 1 saturated heterocycles. The summed E-state index contributed by atoms with van der Waals surface area (Å²) in [4.78, 5) is 12.2. The number of amides is 1. The van der Waals surface area contributed by atoms with Crippen LogP contribution >= 0.6 is 0 Å². The second kappa shape index (κ2) is 6.88. The topological polar surface area (TPSA) is 64.4 Å². The zero-order valence-electron chi connectivity index (χ0n) is 12.6. The molecular formula is C15H24N2O3. The Bertz CT molecular complexity index is 450. The van der Waals surface area contributed by atoms with Crippen molar-refractivity contribution in [2.45, 2.75) is 46.6 Å². The highest BCUT2D eigenvalue weighted by Gasteiger charge is 2.26. The quantitative estimate of drug-likeness (QED) is 0.898. The molecule has 1 aromatic rings. The molecule has 1 aliphatic heterocycles. The SMILES string of the molecule is CCc1noc(C)c1CNC(=O)C(C)C1CCOCC1. The third kappa shape index (κ3) is 3.39. The van der Waals surface area contributed by atoms with Crippen molar-refractivity contribution in [3.05, 3.63) is 17.0 Å². The van der Waals surface area contributed by atoms with E-state index in [9.17, 15) is 4.79 Å². The second-order valence-corrected chi connectivity index (χ2v) is 5.47. The van der Waals surface area contributed by atoms with Crippen LogP contribution in [-0.2, 0) is 22.5 Å². The van der Waals surface area contributed by atoms with Gasteiger partial charge in [-0.1, -0.05) is 19.0 Å². The predicted octanol–water partition coefficient (Wildman–Crippen LogP) is 2.22. The van der Waals surface area contributed by atoms with Crippen LogP contribution in [0.4, 0.5) is 0 Å². The van der Waals surface area contributed by atoms with Gasteiger partial charge in [0.05, 0.1) is 5.69 Å². The Morgan fingerprint density at radius 3 is 2.80 bits per heavy atom. The number of hydrogen-bond donors (Lipinski definition) is 1. The molecule has 0 spiro atoms. The van der Waals surface area contributed by atoms with Crippen molar-refractivity contribution < 1.29 is 14.1 Å². The van der Waals surface area contributed by atoms with Gasteiger partial charge in [0, 0.05) is 31.2 Å². The number of rotatable bonds is 5. The Morgan fingerprint density at radius 1 is 1.45 bits per heavy atom. The number of aromatic nitrogens is 1. The summed E-state index contributed by atoms with van der Waals surface area (Å²) in [7, 11) is 0. The molecule has 0 aliphatic carbocycles. The average Bonchev–Trinajstić information content (AvgIpc) is 2.85. The van der Waals surface area contributed by atoms with Gasteiger partial charge in [0.2, 0.25) is 5.91 Å². The summed E-state index contributed by atoms with van der Waals surface area (Å²) in [6.45, 7) is 7.97. The number of carbonyl (C=O) groups is 1. The van der Waals surface area contributed by atoms with Gasteiger partial charge in [-0.25, -0.2) is 0 Å². The molecule has 1 fully saturated rings. The number of nitrogens with zero attached hydrogens (tertiary/aromatic N) is 1. The molecule has 2 heterocycles. The van der Waals surface area contributed by atoms with Gasteiger partial charge in [0.15, 0.2) is 0 Å². The lowest BCUT2D eigenvalue weighted by Crippen LogP contribution is -2.35. The molecule has 2 rings (SSSR count). The molecule has 1 N–H and O–H groups in total. The lowest BCUT2D eigenvalue weighted by molar-refractivity contribution is -0.127. The van der Waals surface area contributed by atoms with E-state index in [-0.39, 0.29) is 11.8 Å². The van der Waals surface area contributed by atoms with Gasteiger partial charge < -0.3 is 14.6 Å². The predicted molar refractivity (Wildman–Crippen MR) is 75.2 cm³/mol. The largest absolute Gasteiger partial charge is 0.381 e. The normalized spacial score (nSPS) is 17.9. The number of carbonyl (C=O) groups excluding carboxylic acids is 1. The third-order valence-electron chi connectivity index (χ3n) is 4.23. The second-order valence-electron chi connectivity index (χ2n) is 5.47. The highest BCUT2D eigenvalue weighted by molar-refractivity contribution is 5.78. The summed E-state index contributed by atoms with van der Waals surface area (Å²) in [5, 5.41) is 7.02. The van der Waals surface area contributed by atoms with Crippen LogP contribution < -0.4 is 5.32 Å². The van der Waals surface area contributed by atoms with E-state index >= 15 is 0 Å². The number of hydrogen-bond acceptors (Lipinski definition) is 4. The first-order chi connectivity index (χ1) is 9.63. The van der Waals surface area contributed by atoms with E-state index in [2.05, 4.69) is 10.5 Å². The zero-order chi connectivity index (χ0) is 14.5. The van der Waals surface area contributed by atoms with Crippen LogP contribution in [0, 0.1) is 18.8 Å². The molecule has 0 radical (unpaired) electrons. The Balaban J connectivity index is 1.89. The molecular weight excluding hydrogens is 256 g/mol. The van der Waals surface area contributed by atoms with Crippen LogP contribution in [0.15, 0.2) is 4.52 Å². The van der Waals surface area contributed by atoms with Crippen LogP contribution in [0.1, 0.15) is 43.7 Å². The summed E-state index contributed by atoms with van der Waals surface area (Å²) < 4.78 is 10.5. The number of nitrogens with one attached hydrogen (secondary N) is 1. The maximum Gasteiger partial charge on any atom is 0.223 e. The van der Waals surface area contributed by atoms with E-state index in [1.807, 2.05) is 20.8 Å². The van der Waals surface area contributed by atoms with Gasteiger partial charge in [-0.3, -0.25) is 4.79 Å². The number of ether oxygens (including phenoxy) is 1. The van der Waals surface area contributed by atoms with Crippen molar-refractivity contribution in [3.8, 4) is 0 Å². The summed E-state index contributed by atoms with van der Waals surface area (Å²) in [5.41, 5.74) is 1.95. The fourth-order valence-electron chi connectivity index (χ4n) is 2.71. The monoisotopic (exact) mass is 280 g/mol. The van der Waals surface area contributed by atoms with Gasteiger partial charge in [-0.15, -0.1) is 0 Å². The zero-order valence-corrected chi connectivity index (χ0v) is 12.6. The third-order valence-corrected chi connectivity index (χ3v) is 4.23. The van der Waals surface area contributed by atoms with Crippen molar-refractivity contribution in [3.63, 3.8) is 0 Å². The number of aryl methyl sites for hydroxylation is 2. The first kappa shape index (κ1) is 15.0. The maximum atomic E-state index is 12.2. The lowest BCUT2D eigenvalue weighted by atomic mass is 9.87. The molecule has 1 unspecified atom stereocenters. The van der Waals surface area contributed by atoms with E-state index in [0.717, 1.165) is 49.5 Å². The molecule has 1 amide bonds. The van der Waals surface area contributed by atoms with Crippen molar-refractivity contribution in [1.29, 1.82) is 0 Å². The minimum Gasteiger partial charge on any atom is -0.381 e. The van der Waals surface area contributed by atoms with Crippen molar-refractivity contribution in [1.82, 2.24) is 10.5 Å². The van der Waals surface area contributed by atoms with Crippen molar-refractivity contribution >= 4 is 5.91 Å². The van der Waals surface area contributed by atoms with E-state index in [1.165, 1.54) is 0 Å². The molecule has 0 bridgehead atoms. The van der Waals surface area contributed by atoms with Crippen LogP contribution in [0.3, 0.4) is 0 Å². The fourth-order valence-corrected chi connectivity index (χ4v) is 2.71. The van der Waals surface area contributed by atoms with Crippen molar-refractivity contribution in [2.24, 2.45) is 11.8 Å². The summed E-state index contributed by atoms with van der Waals surface area (Å²) in [6.07, 6.45) is 2.76. The van der Waals surface area contributed by atoms with Gasteiger partial charge in [0.25, 0.3) is 0 Å². The Hall–Kier alpha value is -1.36. The van der Waals surface area contributed by atoms with Gasteiger partial charge >= 0.3 is 0 Å².